The molecule has 0 bridgehead atoms. The summed E-state index contributed by atoms with van der Waals surface area (Å²) in [5.41, 5.74) is 1.36. The van der Waals surface area contributed by atoms with Gasteiger partial charge in [0.15, 0.2) is 0 Å². The van der Waals surface area contributed by atoms with Gasteiger partial charge in [0.2, 0.25) is 5.91 Å². The minimum Gasteiger partial charge on any atom is -0.338 e. The van der Waals surface area contributed by atoms with Gasteiger partial charge in [-0.05, 0) is 55.7 Å². The molecule has 4 nitrogen and oxygen atoms in total. The van der Waals surface area contributed by atoms with Crippen LogP contribution in [0.5, 0.6) is 0 Å². The van der Waals surface area contributed by atoms with Gasteiger partial charge in [-0.3, -0.25) is 9.59 Å². The Labute approximate surface area is 166 Å². The van der Waals surface area contributed by atoms with E-state index in [9.17, 15) is 14.0 Å². The molecule has 2 aromatic carbocycles. The van der Waals surface area contributed by atoms with Gasteiger partial charge in [0.1, 0.15) is 5.82 Å². The average molecular weight is 382 g/mol. The van der Waals surface area contributed by atoms with Gasteiger partial charge in [0.25, 0.3) is 5.91 Å². The normalized spacial score (nSPS) is 16.6. The van der Waals surface area contributed by atoms with Crippen molar-refractivity contribution in [2.24, 2.45) is 5.92 Å². The van der Waals surface area contributed by atoms with Gasteiger partial charge in [-0.2, -0.15) is 0 Å². The number of nitrogens with zero attached hydrogens (tertiary/aromatic N) is 2. The van der Waals surface area contributed by atoms with E-state index in [4.69, 9.17) is 0 Å². The largest absolute Gasteiger partial charge is 0.338 e. The van der Waals surface area contributed by atoms with Crippen LogP contribution in [-0.2, 0) is 4.79 Å². The van der Waals surface area contributed by atoms with Gasteiger partial charge in [0.05, 0.1) is 5.92 Å². The van der Waals surface area contributed by atoms with Gasteiger partial charge in [-0.25, -0.2) is 4.39 Å². The number of piperidine rings is 1. The Morgan fingerprint density at radius 1 is 1.11 bits per heavy atom. The maximum absolute atomic E-state index is 13.3. The van der Waals surface area contributed by atoms with E-state index in [1.165, 1.54) is 24.3 Å². The third-order valence-electron chi connectivity index (χ3n) is 5.22. The lowest BCUT2D eigenvalue weighted by atomic mass is 9.95. The highest BCUT2D eigenvalue weighted by Crippen LogP contribution is 2.24. The Bertz CT molecular complexity index is 792. The molecule has 0 aliphatic carbocycles. The number of carbonyl (C=O) groups excluding carboxylic acids is 2. The summed E-state index contributed by atoms with van der Waals surface area (Å²) in [6.07, 6.45) is 3.52. The number of anilines is 1. The van der Waals surface area contributed by atoms with Crippen molar-refractivity contribution in [1.29, 1.82) is 0 Å². The molecular formula is C23H27FN2O2. The Morgan fingerprint density at radius 3 is 2.50 bits per heavy atom. The molecule has 0 aromatic heterocycles. The molecule has 1 heterocycles. The molecule has 1 aliphatic heterocycles. The number of amides is 2. The molecular weight excluding hydrogens is 355 g/mol. The van der Waals surface area contributed by atoms with Crippen molar-refractivity contribution in [3.05, 3.63) is 66.0 Å². The first-order valence-electron chi connectivity index (χ1n) is 10.0. The van der Waals surface area contributed by atoms with Crippen molar-refractivity contribution in [3.63, 3.8) is 0 Å². The van der Waals surface area contributed by atoms with Crippen LogP contribution in [0.4, 0.5) is 10.1 Å². The summed E-state index contributed by atoms with van der Waals surface area (Å²) < 4.78 is 13.1. The smallest absolute Gasteiger partial charge is 0.253 e. The molecule has 2 aromatic rings. The SMILES string of the molecule is CCCCN(C(=O)C1CCCN(C(=O)c2ccc(F)cc2)C1)c1ccccc1. The van der Waals surface area contributed by atoms with Crippen LogP contribution >= 0.6 is 0 Å². The minimum atomic E-state index is -0.363. The molecule has 5 heteroatoms. The minimum absolute atomic E-state index is 0.0799. The van der Waals surface area contributed by atoms with Crippen LogP contribution < -0.4 is 4.90 Å². The summed E-state index contributed by atoms with van der Waals surface area (Å²) >= 11 is 0. The highest BCUT2D eigenvalue weighted by atomic mass is 19.1. The fourth-order valence-electron chi connectivity index (χ4n) is 3.65. The van der Waals surface area contributed by atoms with Crippen molar-refractivity contribution in [2.45, 2.75) is 32.6 Å². The van der Waals surface area contributed by atoms with E-state index in [-0.39, 0.29) is 23.5 Å². The second kappa shape index (κ2) is 9.49. The van der Waals surface area contributed by atoms with Crippen molar-refractivity contribution < 1.29 is 14.0 Å². The summed E-state index contributed by atoms with van der Waals surface area (Å²) in [4.78, 5) is 29.6. The van der Waals surface area contributed by atoms with E-state index in [1.807, 2.05) is 35.2 Å². The van der Waals surface area contributed by atoms with Crippen LogP contribution in [0, 0.1) is 11.7 Å². The molecule has 1 aliphatic rings. The third-order valence-corrected chi connectivity index (χ3v) is 5.22. The van der Waals surface area contributed by atoms with Crippen LogP contribution in [0.15, 0.2) is 54.6 Å². The van der Waals surface area contributed by atoms with E-state index in [2.05, 4.69) is 6.92 Å². The summed E-state index contributed by atoms with van der Waals surface area (Å²) in [6.45, 7) is 3.82. The van der Waals surface area contributed by atoms with Gasteiger partial charge in [-0.1, -0.05) is 31.5 Å². The lowest BCUT2D eigenvalue weighted by Gasteiger charge is -2.35. The predicted octanol–water partition coefficient (Wildman–Crippen LogP) is 4.51. The second-order valence-electron chi connectivity index (χ2n) is 7.28. The molecule has 28 heavy (non-hydrogen) atoms. The molecule has 148 valence electrons. The summed E-state index contributed by atoms with van der Waals surface area (Å²) in [7, 11) is 0. The predicted molar refractivity (Wildman–Crippen MR) is 109 cm³/mol. The second-order valence-corrected chi connectivity index (χ2v) is 7.28. The number of hydrogen-bond acceptors (Lipinski definition) is 2. The number of carbonyl (C=O) groups is 2. The van der Waals surface area contributed by atoms with Crippen molar-refractivity contribution in [3.8, 4) is 0 Å². The maximum atomic E-state index is 13.3. The highest BCUT2D eigenvalue weighted by Gasteiger charge is 2.32. The zero-order valence-corrected chi connectivity index (χ0v) is 16.3. The van der Waals surface area contributed by atoms with Crippen molar-refractivity contribution in [2.75, 3.05) is 24.5 Å². The lowest BCUT2D eigenvalue weighted by Crippen LogP contribution is -2.47. The van der Waals surface area contributed by atoms with Crippen LogP contribution in [0.1, 0.15) is 43.0 Å². The molecule has 2 amide bonds. The number of halogens is 1. The van der Waals surface area contributed by atoms with Crippen LogP contribution in [0.25, 0.3) is 0 Å². The zero-order valence-electron chi connectivity index (χ0n) is 16.3. The van der Waals surface area contributed by atoms with E-state index >= 15 is 0 Å². The molecule has 0 radical (unpaired) electrons. The summed E-state index contributed by atoms with van der Waals surface area (Å²) in [5, 5.41) is 0. The third kappa shape index (κ3) is 4.77. The molecule has 3 rings (SSSR count). The Balaban J connectivity index is 1.73. The average Bonchev–Trinajstić information content (AvgIpc) is 2.75. The highest BCUT2D eigenvalue weighted by molar-refractivity contribution is 5.97. The van der Waals surface area contributed by atoms with Crippen LogP contribution in [0.2, 0.25) is 0 Å². The monoisotopic (exact) mass is 382 g/mol. The quantitative estimate of drug-likeness (QED) is 0.737. The van der Waals surface area contributed by atoms with Gasteiger partial charge >= 0.3 is 0 Å². The van der Waals surface area contributed by atoms with Gasteiger partial charge < -0.3 is 9.80 Å². The van der Waals surface area contributed by atoms with Crippen LogP contribution in [-0.4, -0.2) is 36.3 Å². The van der Waals surface area contributed by atoms with Gasteiger partial charge in [-0.15, -0.1) is 0 Å². The Morgan fingerprint density at radius 2 is 1.82 bits per heavy atom. The van der Waals surface area contributed by atoms with Crippen LogP contribution in [0.3, 0.4) is 0 Å². The van der Waals surface area contributed by atoms with Crippen molar-refractivity contribution in [1.82, 2.24) is 4.90 Å². The van der Waals surface area contributed by atoms with E-state index in [1.54, 1.807) is 4.90 Å². The Kier molecular flexibility index (Phi) is 6.80. The molecule has 1 atom stereocenters. The zero-order chi connectivity index (χ0) is 19.9. The first-order chi connectivity index (χ1) is 13.6. The molecule has 1 unspecified atom stereocenters. The van der Waals surface area contributed by atoms with Crippen molar-refractivity contribution >= 4 is 17.5 Å². The number of benzene rings is 2. The topological polar surface area (TPSA) is 40.6 Å². The molecule has 1 fully saturated rings. The number of hydrogen-bond donors (Lipinski definition) is 0. The summed E-state index contributed by atoms with van der Waals surface area (Å²) in [6, 6.07) is 15.3. The molecule has 1 saturated heterocycles. The first-order valence-corrected chi connectivity index (χ1v) is 10.0. The fourth-order valence-corrected chi connectivity index (χ4v) is 3.65. The molecule has 0 N–H and O–H groups in total. The van der Waals surface area contributed by atoms with Gasteiger partial charge in [0, 0.05) is 30.9 Å². The summed E-state index contributed by atoms with van der Waals surface area (Å²) in [5.74, 6) is -0.638. The molecule has 0 saturated carbocycles. The number of rotatable bonds is 6. The molecule has 0 spiro atoms. The number of unbranched alkanes of at least 4 members (excludes halogenated alkanes) is 1. The maximum Gasteiger partial charge on any atom is 0.253 e. The number of likely N-dealkylation sites (tertiary alicyclic amines) is 1. The van der Waals surface area contributed by atoms with E-state index in [0.717, 1.165) is 31.4 Å². The fraction of sp³-hybridized carbons (Fsp3) is 0.391. The standard InChI is InChI=1S/C23H27FN2O2/c1-2-3-16-26(21-9-5-4-6-10-21)23(28)19-8-7-15-25(17-19)22(27)18-11-13-20(24)14-12-18/h4-6,9-14,19H,2-3,7-8,15-17H2,1H3. The Hall–Kier alpha value is -2.69. The number of para-hydroxylation sites is 1. The van der Waals surface area contributed by atoms with E-state index < -0.39 is 0 Å². The first kappa shape index (κ1) is 20.1. The lowest BCUT2D eigenvalue weighted by molar-refractivity contribution is -0.123. The van der Waals surface area contributed by atoms with E-state index in [0.29, 0.717) is 25.2 Å².